The molecule has 0 spiro atoms. The number of rotatable bonds is 4. The number of hydrogen-bond acceptors (Lipinski definition) is 4. The Hall–Kier alpha value is -3.28. The van der Waals surface area contributed by atoms with E-state index in [2.05, 4.69) is 16.9 Å². The van der Waals surface area contributed by atoms with Crippen LogP contribution < -0.4 is 5.73 Å². The quantitative estimate of drug-likeness (QED) is 0.502. The standard InChI is InChI=1S/C21H20N4O3/c22-21(19(26)12-24-23)10-5-11-25(21)20(27)28-13-18-16-8-3-1-6-14(16)15-7-2-4-9-17(15)18/h1-4,6-9,12,18H,5,10-11,13,22H2. The van der Waals surface area contributed by atoms with Crippen LogP contribution in [0.5, 0.6) is 0 Å². The third-order valence-corrected chi connectivity index (χ3v) is 5.58. The normalized spacial score (nSPS) is 20.2. The molecule has 0 radical (unpaired) electrons. The van der Waals surface area contributed by atoms with Crippen LogP contribution in [0.3, 0.4) is 0 Å². The number of carbonyl (C=O) groups excluding carboxylic acids is 2. The van der Waals surface area contributed by atoms with E-state index in [0.717, 1.165) is 28.5 Å². The smallest absolute Gasteiger partial charge is 0.411 e. The summed E-state index contributed by atoms with van der Waals surface area (Å²) >= 11 is 0. The molecule has 1 unspecified atom stereocenters. The second-order valence-corrected chi connectivity index (χ2v) is 7.09. The van der Waals surface area contributed by atoms with Gasteiger partial charge in [-0.2, -0.15) is 4.79 Å². The molecule has 2 N–H and O–H groups in total. The van der Waals surface area contributed by atoms with Crippen LogP contribution in [-0.4, -0.2) is 46.6 Å². The van der Waals surface area contributed by atoms with Crippen molar-refractivity contribution in [2.75, 3.05) is 13.2 Å². The number of hydrogen-bond donors (Lipinski definition) is 1. The van der Waals surface area contributed by atoms with E-state index >= 15 is 0 Å². The number of Topliss-reactive ketones (excluding diaryl/α,β-unsaturated/α-hetero) is 1. The number of nitrogens with zero attached hydrogens (tertiary/aromatic N) is 3. The minimum absolute atomic E-state index is 0.0687. The molecule has 7 nitrogen and oxygen atoms in total. The highest BCUT2D eigenvalue weighted by molar-refractivity contribution is 6.29. The van der Waals surface area contributed by atoms with Crippen molar-refractivity contribution in [3.05, 3.63) is 65.2 Å². The fourth-order valence-electron chi connectivity index (χ4n) is 4.19. The predicted molar refractivity (Wildman–Crippen MR) is 103 cm³/mol. The molecule has 1 heterocycles. The third kappa shape index (κ3) is 2.81. The molecule has 1 atom stereocenters. The zero-order valence-electron chi connectivity index (χ0n) is 15.2. The van der Waals surface area contributed by atoms with Gasteiger partial charge in [0.1, 0.15) is 6.61 Å². The van der Waals surface area contributed by atoms with Gasteiger partial charge in [-0.25, -0.2) is 4.79 Å². The number of likely N-dealkylation sites (tertiary alicyclic amines) is 1. The SMILES string of the molecule is [N-]=[N+]=CC(=O)C1(N)CCCN1C(=O)OCC1c2ccccc2-c2ccccc21. The zero-order valence-corrected chi connectivity index (χ0v) is 15.2. The van der Waals surface area contributed by atoms with Gasteiger partial charge in [0.2, 0.25) is 0 Å². The average molecular weight is 376 g/mol. The lowest BCUT2D eigenvalue weighted by Crippen LogP contribution is -2.60. The molecule has 1 aliphatic heterocycles. The maximum atomic E-state index is 12.7. The molecule has 142 valence electrons. The van der Waals surface area contributed by atoms with E-state index < -0.39 is 17.5 Å². The van der Waals surface area contributed by atoms with Crippen molar-refractivity contribution in [2.24, 2.45) is 5.73 Å². The largest absolute Gasteiger partial charge is 0.448 e. The summed E-state index contributed by atoms with van der Waals surface area (Å²) in [6, 6.07) is 16.1. The Morgan fingerprint density at radius 1 is 1.18 bits per heavy atom. The van der Waals surface area contributed by atoms with Crippen molar-refractivity contribution in [1.29, 1.82) is 0 Å². The minimum atomic E-state index is -1.53. The molecule has 2 aromatic rings. The summed E-state index contributed by atoms with van der Waals surface area (Å²) in [5, 5.41) is 0. The van der Waals surface area contributed by atoms with Crippen LogP contribution in [0.25, 0.3) is 16.7 Å². The number of carbonyl (C=O) groups is 2. The minimum Gasteiger partial charge on any atom is -0.448 e. The molecule has 0 saturated carbocycles. The molecule has 1 fully saturated rings. The van der Waals surface area contributed by atoms with Crippen LogP contribution in [0.1, 0.15) is 29.9 Å². The highest BCUT2D eigenvalue weighted by Crippen LogP contribution is 2.44. The number of ketones is 1. The predicted octanol–water partition coefficient (Wildman–Crippen LogP) is 2.56. The first kappa shape index (κ1) is 18.1. The van der Waals surface area contributed by atoms with E-state index in [1.54, 1.807) is 0 Å². The van der Waals surface area contributed by atoms with Gasteiger partial charge in [-0.15, -0.1) is 0 Å². The average Bonchev–Trinajstić information content (AvgIpc) is 3.26. The number of amides is 1. The van der Waals surface area contributed by atoms with E-state index in [-0.39, 0.29) is 12.5 Å². The Bertz CT molecular complexity index is 953. The van der Waals surface area contributed by atoms with E-state index in [4.69, 9.17) is 16.0 Å². The second-order valence-electron chi connectivity index (χ2n) is 7.09. The van der Waals surface area contributed by atoms with Gasteiger partial charge in [-0.1, -0.05) is 48.5 Å². The number of fused-ring (bicyclic) bond motifs is 3. The molecule has 1 aliphatic carbocycles. The molecular weight excluding hydrogens is 356 g/mol. The van der Waals surface area contributed by atoms with Crippen molar-refractivity contribution in [2.45, 2.75) is 24.4 Å². The summed E-state index contributed by atoms with van der Waals surface area (Å²) in [5.41, 5.74) is 17.7. The topological polar surface area (TPSA) is 109 Å². The van der Waals surface area contributed by atoms with Crippen LogP contribution in [-0.2, 0) is 9.53 Å². The van der Waals surface area contributed by atoms with Gasteiger partial charge in [-0.3, -0.25) is 9.69 Å². The molecule has 1 amide bonds. The molecule has 1 saturated heterocycles. The van der Waals surface area contributed by atoms with Gasteiger partial charge in [0.05, 0.1) is 0 Å². The lowest BCUT2D eigenvalue weighted by atomic mass is 9.98. The van der Waals surface area contributed by atoms with E-state index in [9.17, 15) is 9.59 Å². The van der Waals surface area contributed by atoms with Crippen LogP contribution in [0.4, 0.5) is 4.79 Å². The monoisotopic (exact) mass is 376 g/mol. The first-order valence-electron chi connectivity index (χ1n) is 9.19. The second kappa shape index (κ2) is 7.03. The fraction of sp³-hybridized carbons (Fsp3) is 0.286. The molecule has 7 heteroatoms. The highest BCUT2D eigenvalue weighted by atomic mass is 16.6. The van der Waals surface area contributed by atoms with E-state index in [1.165, 1.54) is 4.90 Å². The first-order chi connectivity index (χ1) is 13.6. The number of benzene rings is 2. The van der Waals surface area contributed by atoms with Gasteiger partial charge < -0.3 is 16.0 Å². The lowest BCUT2D eigenvalue weighted by Gasteiger charge is -2.30. The summed E-state index contributed by atoms with van der Waals surface area (Å²) in [6.07, 6.45) is 0.963. The summed E-state index contributed by atoms with van der Waals surface area (Å²) < 4.78 is 5.60. The van der Waals surface area contributed by atoms with Crippen LogP contribution >= 0.6 is 0 Å². The van der Waals surface area contributed by atoms with Crippen molar-refractivity contribution >= 4 is 18.1 Å². The lowest BCUT2D eigenvalue weighted by molar-refractivity contribution is -0.125. The van der Waals surface area contributed by atoms with Crippen molar-refractivity contribution < 1.29 is 19.1 Å². The molecule has 0 aromatic heterocycles. The Kier molecular flexibility index (Phi) is 4.55. The summed E-state index contributed by atoms with van der Waals surface area (Å²) in [5.74, 6) is -0.693. The van der Waals surface area contributed by atoms with Crippen molar-refractivity contribution in [3.8, 4) is 11.1 Å². The first-order valence-corrected chi connectivity index (χ1v) is 9.19. The highest BCUT2D eigenvalue weighted by Gasteiger charge is 2.48. The van der Waals surface area contributed by atoms with Crippen LogP contribution in [0.15, 0.2) is 48.5 Å². The molecule has 28 heavy (non-hydrogen) atoms. The summed E-state index contributed by atoms with van der Waals surface area (Å²) in [6.45, 7) is 0.472. The summed E-state index contributed by atoms with van der Waals surface area (Å²) in [7, 11) is 0. The van der Waals surface area contributed by atoms with Gasteiger partial charge in [-0.05, 0) is 35.1 Å². The Balaban J connectivity index is 1.54. The fourth-order valence-corrected chi connectivity index (χ4v) is 4.19. The number of nitrogens with two attached hydrogens (primary N) is 1. The van der Waals surface area contributed by atoms with Crippen LogP contribution in [0, 0.1) is 0 Å². The molecular formula is C21H20N4O3. The Morgan fingerprint density at radius 3 is 2.39 bits per heavy atom. The Morgan fingerprint density at radius 2 is 1.79 bits per heavy atom. The van der Waals surface area contributed by atoms with Gasteiger partial charge >= 0.3 is 12.3 Å². The maximum Gasteiger partial charge on any atom is 0.411 e. The van der Waals surface area contributed by atoms with Crippen LogP contribution in [0.2, 0.25) is 0 Å². The van der Waals surface area contributed by atoms with Crippen molar-refractivity contribution in [3.63, 3.8) is 0 Å². The van der Waals surface area contributed by atoms with Gasteiger partial charge in [0, 0.05) is 12.5 Å². The Labute approximate surface area is 162 Å². The molecule has 0 bridgehead atoms. The molecule has 4 rings (SSSR count). The third-order valence-electron chi connectivity index (χ3n) is 5.58. The summed E-state index contributed by atoms with van der Waals surface area (Å²) in [4.78, 5) is 28.9. The van der Waals surface area contributed by atoms with Gasteiger partial charge in [0.25, 0.3) is 5.78 Å². The number of ether oxygens (including phenoxy) is 1. The maximum absolute atomic E-state index is 12.7. The molecule has 2 aromatic carbocycles. The molecule has 2 aliphatic rings. The van der Waals surface area contributed by atoms with E-state index in [0.29, 0.717) is 19.4 Å². The van der Waals surface area contributed by atoms with Crippen molar-refractivity contribution in [1.82, 2.24) is 4.90 Å². The van der Waals surface area contributed by atoms with Gasteiger partial charge in [0.15, 0.2) is 5.66 Å². The van der Waals surface area contributed by atoms with E-state index in [1.807, 2.05) is 36.4 Å². The zero-order chi connectivity index (χ0) is 19.7.